The van der Waals surface area contributed by atoms with Gasteiger partial charge in [-0.1, -0.05) is 0 Å². The second-order valence-corrected chi connectivity index (χ2v) is 3.36. The zero-order valence-electron chi connectivity index (χ0n) is 8.56. The molecule has 0 amide bonds. The highest BCUT2D eigenvalue weighted by Crippen LogP contribution is 2.31. The zero-order chi connectivity index (χ0) is 12.4. The molecule has 0 aliphatic carbocycles. The molecule has 0 saturated carbocycles. The molecular formula is C13H4N3O. The predicted molar refractivity (Wildman–Crippen MR) is 58.2 cm³/mol. The molecule has 2 rings (SSSR count). The molecule has 0 N–H and O–H groups in total. The number of hydrogen-bond acceptors (Lipinski definition) is 3. The SMILES string of the molecule is N#Cc1ccc2c([O])ccc(C#N)c2c1C#N. The molecule has 2 aromatic carbocycles. The molecule has 17 heavy (non-hydrogen) atoms. The molecule has 0 spiro atoms. The van der Waals surface area contributed by atoms with Crippen molar-refractivity contribution in [3.8, 4) is 24.0 Å². The van der Waals surface area contributed by atoms with Crippen LogP contribution >= 0.6 is 0 Å². The predicted octanol–water partition coefficient (Wildman–Crippen LogP) is 2.60. The van der Waals surface area contributed by atoms with Gasteiger partial charge in [0.1, 0.15) is 12.1 Å². The van der Waals surface area contributed by atoms with Crippen LogP contribution in [0.3, 0.4) is 0 Å². The van der Waals surface area contributed by atoms with Crippen LogP contribution < -0.4 is 0 Å². The first kappa shape index (κ1) is 10.5. The summed E-state index contributed by atoms with van der Waals surface area (Å²) in [5.74, 6) is -0.264. The normalized spacial score (nSPS) is 9.24. The standard InChI is InChI=1S/C13H4N3O/c14-5-8-1-3-10-12(17)4-2-9(6-15)13(10)11(8)7-16/h1-4H. The lowest BCUT2D eigenvalue weighted by atomic mass is 9.96. The van der Waals surface area contributed by atoms with Crippen LogP contribution in [0.5, 0.6) is 5.75 Å². The van der Waals surface area contributed by atoms with Crippen molar-refractivity contribution >= 4 is 10.8 Å². The Morgan fingerprint density at radius 3 is 2.06 bits per heavy atom. The van der Waals surface area contributed by atoms with Gasteiger partial charge in [-0.3, -0.25) is 5.11 Å². The first-order chi connectivity index (χ1) is 8.22. The molecule has 77 valence electrons. The van der Waals surface area contributed by atoms with Gasteiger partial charge in [-0.15, -0.1) is 0 Å². The van der Waals surface area contributed by atoms with Crippen molar-refractivity contribution in [1.29, 1.82) is 15.8 Å². The summed E-state index contributed by atoms with van der Waals surface area (Å²) in [5.41, 5.74) is 0.481. The van der Waals surface area contributed by atoms with Gasteiger partial charge >= 0.3 is 0 Å². The number of nitriles is 3. The summed E-state index contributed by atoms with van der Waals surface area (Å²) in [4.78, 5) is 0. The number of fused-ring (bicyclic) bond motifs is 1. The minimum absolute atomic E-state index is 0.0826. The van der Waals surface area contributed by atoms with Gasteiger partial charge in [0.2, 0.25) is 0 Å². The Labute approximate surface area is 97.2 Å². The Kier molecular flexibility index (Phi) is 2.37. The Bertz CT molecular complexity index is 742. The van der Waals surface area contributed by atoms with Gasteiger partial charge in [0.15, 0.2) is 5.75 Å². The smallest absolute Gasteiger partial charge is 0.186 e. The summed E-state index contributed by atoms with van der Waals surface area (Å²) in [6.45, 7) is 0. The van der Waals surface area contributed by atoms with Crippen LogP contribution in [0.4, 0.5) is 0 Å². The van der Waals surface area contributed by atoms with E-state index in [9.17, 15) is 5.11 Å². The Hall–Kier alpha value is -3.03. The lowest BCUT2D eigenvalue weighted by Gasteiger charge is -2.04. The van der Waals surface area contributed by atoms with Crippen molar-refractivity contribution in [2.45, 2.75) is 0 Å². The van der Waals surface area contributed by atoms with Crippen LogP contribution in [0.2, 0.25) is 0 Å². The first-order valence-electron chi connectivity index (χ1n) is 4.70. The van der Waals surface area contributed by atoms with Crippen LogP contribution in [0.25, 0.3) is 10.8 Å². The summed E-state index contributed by atoms with van der Waals surface area (Å²) in [7, 11) is 0. The molecule has 0 fully saturated rings. The van der Waals surface area contributed by atoms with E-state index in [1.807, 2.05) is 18.2 Å². The number of hydrogen-bond donors (Lipinski definition) is 0. The van der Waals surface area contributed by atoms with Crippen LogP contribution in [-0.2, 0) is 5.11 Å². The highest BCUT2D eigenvalue weighted by atomic mass is 16.3. The average molecular weight is 218 g/mol. The molecule has 0 unspecified atom stereocenters. The van der Waals surface area contributed by atoms with E-state index in [-0.39, 0.29) is 27.8 Å². The minimum Gasteiger partial charge on any atom is -0.289 e. The lowest BCUT2D eigenvalue weighted by Crippen LogP contribution is -1.90. The molecule has 2 aromatic rings. The van der Waals surface area contributed by atoms with Crippen LogP contribution in [0.15, 0.2) is 24.3 Å². The second kappa shape index (κ2) is 3.85. The third-order valence-corrected chi connectivity index (χ3v) is 2.49. The molecule has 0 heterocycles. The molecule has 1 radical (unpaired) electrons. The second-order valence-electron chi connectivity index (χ2n) is 3.36. The maximum Gasteiger partial charge on any atom is 0.186 e. The fraction of sp³-hybridized carbons (Fsp3) is 0. The number of rotatable bonds is 0. The van der Waals surface area contributed by atoms with Crippen molar-refractivity contribution in [1.82, 2.24) is 0 Å². The molecule has 0 saturated heterocycles. The summed E-state index contributed by atoms with van der Waals surface area (Å²) >= 11 is 0. The topological polar surface area (TPSA) is 91.3 Å². The van der Waals surface area contributed by atoms with Crippen molar-refractivity contribution in [2.24, 2.45) is 0 Å². The monoisotopic (exact) mass is 218 g/mol. The van der Waals surface area contributed by atoms with E-state index in [1.54, 1.807) is 0 Å². The summed E-state index contributed by atoms with van der Waals surface area (Å²) in [6.07, 6.45) is 0. The molecule has 0 atom stereocenters. The molecule has 4 nitrogen and oxygen atoms in total. The fourth-order valence-electron chi connectivity index (χ4n) is 1.72. The summed E-state index contributed by atoms with van der Waals surface area (Å²) in [5, 5.41) is 39.1. The van der Waals surface area contributed by atoms with E-state index in [0.717, 1.165) is 0 Å². The highest BCUT2D eigenvalue weighted by molar-refractivity contribution is 5.98. The minimum atomic E-state index is -0.264. The van der Waals surface area contributed by atoms with E-state index >= 15 is 0 Å². The summed E-state index contributed by atoms with van der Waals surface area (Å²) < 4.78 is 0. The number of benzene rings is 2. The molecule has 0 bridgehead atoms. The van der Waals surface area contributed by atoms with E-state index < -0.39 is 0 Å². The Balaban J connectivity index is 3.10. The average Bonchev–Trinajstić information content (AvgIpc) is 2.38. The van der Waals surface area contributed by atoms with Gasteiger partial charge < -0.3 is 0 Å². The largest absolute Gasteiger partial charge is 0.289 e. The maximum atomic E-state index is 11.6. The van der Waals surface area contributed by atoms with Crippen LogP contribution in [0.1, 0.15) is 16.7 Å². The third kappa shape index (κ3) is 1.44. The molecule has 0 aliphatic heterocycles. The Morgan fingerprint density at radius 2 is 1.47 bits per heavy atom. The lowest BCUT2D eigenvalue weighted by molar-refractivity contribution is 0.360. The van der Waals surface area contributed by atoms with Crippen molar-refractivity contribution in [3.05, 3.63) is 41.0 Å². The Morgan fingerprint density at radius 1 is 0.824 bits per heavy atom. The zero-order valence-corrected chi connectivity index (χ0v) is 8.56. The van der Waals surface area contributed by atoms with Gasteiger partial charge in [-0.2, -0.15) is 15.8 Å². The number of nitrogens with zero attached hydrogens (tertiary/aromatic N) is 3. The molecule has 4 heteroatoms. The molecular weight excluding hydrogens is 214 g/mol. The molecule has 0 aliphatic rings. The van der Waals surface area contributed by atoms with Crippen molar-refractivity contribution in [2.75, 3.05) is 0 Å². The fourth-order valence-corrected chi connectivity index (χ4v) is 1.72. The van der Waals surface area contributed by atoms with E-state index in [2.05, 4.69) is 0 Å². The van der Waals surface area contributed by atoms with Crippen LogP contribution in [0, 0.1) is 34.0 Å². The van der Waals surface area contributed by atoms with Gasteiger partial charge in [0, 0.05) is 10.8 Å². The van der Waals surface area contributed by atoms with Gasteiger partial charge in [0.05, 0.1) is 22.8 Å². The van der Waals surface area contributed by atoms with E-state index in [0.29, 0.717) is 5.39 Å². The van der Waals surface area contributed by atoms with Crippen molar-refractivity contribution < 1.29 is 5.11 Å². The van der Waals surface area contributed by atoms with Gasteiger partial charge in [-0.05, 0) is 24.3 Å². The highest BCUT2D eigenvalue weighted by Gasteiger charge is 2.14. The summed E-state index contributed by atoms with van der Waals surface area (Å²) in [6, 6.07) is 11.2. The first-order valence-corrected chi connectivity index (χ1v) is 4.70. The molecule has 0 aromatic heterocycles. The van der Waals surface area contributed by atoms with E-state index in [4.69, 9.17) is 15.8 Å². The van der Waals surface area contributed by atoms with Gasteiger partial charge in [0.25, 0.3) is 0 Å². The third-order valence-electron chi connectivity index (χ3n) is 2.49. The van der Waals surface area contributed by atoms with E-state index in [1.165, 1.54) is 24.3 Å². The van der Waals surface area contributed by atoms with Crippen molar-refractivity contribution in [3.63, 3.8) is 0 Å². The van der Waals surface area contributed by atoms with Crippen LogP contribution in [-0.4, -0.2) is 0 Å². The maximum absolute atomic E-state index is 11.6. The van der Waals surface area contributed by atoms with Gasteiger partial charge in [-0.25, -0.2) is 0 Å². The quantitative estimate of drug-likeness (QED) is 0.680.